The van der Waals surface area contributed by atoms with Crippen LogP contribution in [0.1, 0.15) is 17.2 Å². The summed E-state index contributed by atoms with van der Waals surface area (Å²) < 4.78 is 5.01. The lowest BCUT2D eigenvalue weighted by molar-refractivity contribution is 0.535. The van der Waals surface area contributed by atoms with E-state index in [0.717, 1.165) is 17.5 Å². The fourth-order valence-electron chi connectivity index (χ4n) is 1.55. The van der Waals surface area contributed by atoms with Crippen molar-refractivity contribution in [2.24, 2.45) is 5.84 Å². The van der Waals surface area contributed by atoms with Crippen LogP contribution in [0, 0.1) is 0 Å². The van der Waals surface area contributed by atoms with Gasteiger partial charge in [-0.2, -0.15) is 0 Å². The second-order valence-electron chi connectivity index (χ2n) is 3.47. The summed E-state index contributed by atoms with van der Waals surface area (Å²) in [7, 11) is 0. The molecule has 2 rings (SSSR count). The van der Waals surface area contributed by atoms with Gasteiger partial charge < -0.3 is 4.42 Å². The Hall–Kier alpha value is -1.36. The minimum absolute atomic E-state index is 0.00176. The van der Waals surface area contributed by atoms with Crippen molar-refractivity contribution in [3.63, 3.8) is 0 Å². The first-order valence-corrected chi connectivity index (χ1v) is 5.26. The molecule has 16 heavy (non-hydrogen) atoms. The summed E-state index contributed by atoms with van der Waals surface area (Å²) in [6, 6.07) is 5.59. The molecule has 0 aliphatic rings. The normalized spacial score (nSPS) is 12.6. The molecule has 0 amide bonds. The fourth-order valence-corrected chi connectivity index (χ4v) is 1.73. The van der Waals surface area contributed by atoms with Gasteiger partial charge in [0.25, 0.3) is 0 Å². The molecule has 0 radical (unpaired) electrons. The minimum Gasteiger partial charge on any atom is -0.472 e. The number of nitrogens with one attached hydrogen (secondary N) is 1. The van der Waals surface area contributed by atoms with Crippen LogP contribution in [0.5, 0.6) is 0 Å². The van der Waals surface area contributed by atoms with Crippen LogP contribution in [0.15, 0.2) is 41.3 Å². The molecule has 1 atom stereocenters. The van der Waals surface area contributed by atoms with Crippen LogP contribution in [0.4, 0.5) is 0 Å². The van der Waals surface area contributed by atoms with Crippen molar-refractivity contribution in [2.75, 3.05) is 0 Å². The van der Waals surface area contributed by atoms with Gasteiger partial charge in [-0.3, -0.25) is 11.3 Å². The van der Waals surface area contributed by atoms with E-state index < -0.39 is 0 Å². The third-order valence-corrected chi connectivity index (χ3v) is 2.58. The molecule has 0 fully saturated rings. The number of rotatable bonds is 4. The Balaban J connectivity index is 2.16. The smallest absolute Gasteiger partial charge is 0.129 e. The number of pyridine rings is 1. The van der Waals surface area contributed by atoms with Gasteiger partial charge in [0.05, 0.1) is 18.6 Å². The summed E-state index contributed by atoms with van der Waals surface area (Å²) in [6.07, 6.45) is 5.75. The number of nitrogens with two attached hydrogens (primary N) is 1. The molecule has 3 N–H and O–H groups in total. The first kappa shape index (κ1) is 11.1. The molecule has 0 aromatic carbocycles. The first-order chi connectivity index (χ1) is 7.79. The highest BCUT2D eigenvalue weighted by Crippen LogP contribution is 2.19. The maximum Gasteiger partial charge on any atom is 0.129 e. The zero-order valence-corrected chi connectivity index (χ0v) is 9.32. The predicted molar refractivity (Wildman–Crippen MR) is 61.7 cm³/mol. The molecule has 84 valence electrons. The van der Waals surface area contributed by atoms with Gasteiger partial charge in [-0.15, -0.1) is 0 Å². The van der Waals surface area contributed by atoms with E-state index in [0.29, 0.717) is 5.15 Å². The monoisotopic (exact) mass is 237 g/mol. The lowest BCUT2D eigenvalue weighted by Crippen LogP contribution is -2.29. The zero-order valence-electron chi connectivity index (χ0n) is 8.56. The molecule has 0 saturated carbocycles. The van der Waals surface area contributed by atoms with Gasteiger partial charge in [0.15, 0.2) is 0 Å². The number of hydrogen-bond acceptors (Lipinski definition) is 4. The Morgan fingerprint density at radius 3 is 3.00 bits per heavy atom. The Kier molecular flexibility index (Phi) is 3.56. The minimum atomic E-state index is -0.00176. The van der Waals surface area contributed by atoms with Crippen LogP contribution < -0.4 is 11.3 Å². The van der Waals surface area contributed by atoms with Crippen molar-refractivity contribution in [3.8, 4) is 0 Å². The third kappa shape index (κ3) is 2.61. The topological polar surface area (TPSA) is 64.1 Å². The van der Waals surface area contributed by atoms with E-state index in [-0.39, 0.29) is 6.04 Å². The number of halogens is 1. The van der Waals surface area contributed by atoms with Crippen molar-refractivity contribution in [1.29, 1.82) is 0 Å². The number of hydrazine groups is 1. The van der Waals surface area contributed by atoms with Gasteiger partial charge in [0.2, 0.25) is 0 Å². The van der Waals surface area contributed by atoms with Crippen molar-refractivity contribution >= 4 is 11.6 Å². The van der Waals surface area contributed by atoms with Gasteiger partial charge in [0, 0.05) is 6.20 Å². The summed E-state index contributed by atoms with van der Waals surface area (Å²) >= 11 is 5.83. The lowest BCUT2D eigenvalue weighted by atomic mass is 10.0. The van der Waals surface area contributed by atoms with E-state index in [1.54, 1.807) is 24.8 Å². The van der Waals surface area contributed by atoms with Crippen LogP contribution in [-0.4, -0.2) is 4.98 Å². The Labute approximate surface area is 98.4 Å². The molecule has 1 unspecified atom stereocenters. The molecule has 2 heterocycles. The van der Waals surface area contributed by atoms with Gasteiger partial charge >= 0.3 is 0 Å². The molecular weight excluding hydrogens is 226 g/mol. The number of nitrogens with zero attached hydrogens (tertiary/aromatic N) is 1. The first-order valence-electron chi connectivity index (χ1n) is 4.88. The van der Waals surface area contributed by atoms with Gasteiger partial charge in [0.1, 0.15) is 5.15 Å². The molecular formula is C11H12ClN3O. The third-order valence-electron chi connectivity index (χ3n) is 2.37. The average Bonchev–Trinajstić information content (AvgIpc) is 2.78. The second-order valence-corrected chi connectivity index (χ2v) is 3.85. The molecule has 2 aromatic heterocycles. The Bertz CT molecular complexity index is 444. The highest BCUT2D eigenvalue weighted by Gasteiger charge is 2.11. The van der Waals surface area contributed by atoms with Crippen molar-refractivity contribution in [2.45, 2.75) is 12.5 Å². The highest BCUT2D eigenvalue weighted by molar-refractivity contribution is 6.29. The second kappa shape index (κ2) is 5.12. The van der Waals surface area contributed by atoms with E-state index in [1.165, 1.54) is 0 Å². The van der Waals surface area contributed by atoms with Crippen LogP contribution in [-0.2, 0) is 6.42 Å². The van der Waals surface area contributed by atoms with E-state index in [1.807, 2.05) is 12.1 Å². The SMILES string of the molecule is NNC(Cc1ccoc1)c1ccnc(Cl)c1. The maximum atomic E-state index is 5.83. The van der Waals surface area contributed by atoms with E-state index in [9.17, 15) is 0 Å². The van der Waals surface area contributed by atoms with Gasteiger partial charge in [-0.05, 0) is 35.7 Å². The standard InChI is InChI=1S/C11H12ClN3O/c12-11-6-9(1-3-14-11)10(15-13)5-8-2-4-16-7-8/h1-4,6-7,10,15H,5,13H2. The van der Waals surface area contributed by atoms with Crippen LogP contribution in [0.3, 0.4) is 0 Å². The van der Waals surface area contributed by atoms with Gasteiger partial charge in [-0.25, -0.2) is 4.98 Å². The zero-order chi connectivity index (χ0) is 11.4. The largest absolute Gasteiger partial charge is 0.472 e. The Morgan fingerprint density at radius 1 is 1.50 bits per heavy atom. The summed E-state index contributed by atoms with van der Waals surface area (Å²) in [5.41, 5.74) is 4.84. The number of hydrogen-bond donors (Lipinski definition) is 2. The summed E-state index contributed by atoms with van der Waals surface area (Å²) in [5.74, 6) is 5.53. The van der Waals surface area contributed by atoms with Crippen LogP contribution in [0.2, 0.25) is 5.15 Å². The molecule has 0 bridgehead atoms. The van der Waals surface area contributed by atoms with E-state index in [2.05, 4.69) is 10.4 Å². The van der Waals surface area contributed by atoms with E-state index >= 15 is 0 Å². The van der Waals surface area contributed by atoms with Crippen molar-refractivity contribution < 1.29 is 4.42 Å². The quantitative estimate of drug-likeness (QED) is 0.486. The molecule has 4 nitrogen and oxygen atoms in total. The van der Waals surface area contributed by atoms with Crippen molar-refractivity contribution in [1.82, 2.24) is 10.4 Å². The molecule has 5 heteroatoms. The van der Waals surface area contributed by atoms with E-state index in [4.69, 9.17) is 21.9 Å². The molecule has 2 aromatic rings. The highest BCUT2D eigenvalue weighted by atomic mass is 35.5. The molecule has 0 aliphatic heterocycles. The maximum absolute atomic E-state index is 5.83. The summed E-state index contributed by atoms with van der Waals surface area (Å²) in [4.78, 5) is 3.93. The molecule has 0 aliphatic carbocycles. The van der Waals surface area contributed by atoms with Crippen LogP contribution >= 0.6 is 11.6 Å². The van der Waals surface area contributed by atoms with Gasteiger partial charge in [-0.1, -0.05) is 11.6 Å². The van der Waals surface area contributed by atoms with Crippen LogP contribution in [0.25, 0.3) is 0 Å². The fraction of sp³-hybridized carbons (Fsp3) is 0.182. The predicted octanol–water partition coefficient (Wildman–Crippen LogP) is 2.08. The lowest BCUT2D eigenvalue weighted by Gasteiger charge is -2.15. The number of aromatic nitrogens is 1. The Morgan fingerprint density at radius 2 is 2.38 bits per heavy atom. The molecule has 0 spiro atoms. The average molecular weight is 238 g/mol. The summed E-state index contributed by atoms with van der Waals surface area (Å²) in [5, 5.41) is 0.463. The molecule has 0 saturated heterocycles. The summed E-state index contributed by atoms with van der Waals surface area (Å²) in [6.45, 7) is 0. The van der Waals surface area contributed by atoms with Crippen molar-refractivity contribution in [3.05, 3.63) is 53.2 Å². The number of furan rings is 1.